The van der Waals surface area contributed by atoms with Gasteiger partial charge in [-0.25, -0.2) is 0 Å². The molecule has 18 heavy (non-hydrogen) atoms. The molecule has 0 aliphatic rings. The highest BCUT2D eigenvalue weighted by atomic mass is 32.1. The van der Waals surface area contributed by atoms with Gasteiger partial charge in [0.15, 0.2) is 0 Å². The first-order valence-corrected chi connectivity index (χ1v) is 6.24. The summed E-state index contributed by atoms with van der Waals surface area (Å²) in [5.41, 5.74) is 0.289. The van der Waals surface area contributed by atoms with E-state index in [4.69, 9.17) is 4.42 Å². The monoisotopic (exact) mass is 256 g/mol. The maximum Gasteiger partial charge on any atom is 0.210 e. The first kappa shape index (κ1) is 10.9. The molecule has 0 aliphatic heterocycles. The lowest BCUT2D eigenvalue weighted by atomic mass is 10.1. The number of thiophene rings is 1. The summed E-state index contributed by atoms with van der Waals surface area (Å²) in [6, 6.07) is 10.4. The number of ketones is 1. The fourth-order valence-corrected chi connectivity index (χ4v) is 2.45. The number of benzene rings is 1. The molecule has 0 saturated carbocycles. The van der Waals surface area contributed by atoms with Crippen LogP contribution in [0, 0.1) is 0 Å². The second-order valence-electron chi connectivity index (χ2n) is 3.78. The number of carbonyl (C=O) groups excluding carboxylic acids is 1. The standard InChI is InChI=1S/C14H8O3S/c15-13-9-4-1-2-5-11(9)17-8-10(13)14(16)12-6-3-7-18-12/h1-8H. The number of hydrogen-bond acceptors (Lipinski definition) is 4. The van der Waals surface area contributed by atoms with Crippen LogP contribution in [-0.2, 0) is 0 Å². The van der Waals surface area contributed by atoms with Gasteiger partial charge in [-0.2, -0.15) is 0 Å². The van der Waals surface area contributed by atoms with Gasteiger partial charge in [0.1, 0.15) is 17.4 Å². The van der Waals surface area contributed by atoms with E-state index in [1.807, 2.05) is 0 Å². The summed E-state index contributed by atoms with van der Waals surface area (Å²) in [6.45, 7) is 0. The molecule has 0 saturated heterocycles. The van der Waals surface area contributed by atoms with Crippen LogP contribution < -0.4 is 5.43 Å². The van der Waals surface area contributed by atoms with E-state index in [-0.39, 0.29) is 16.8 Å². The number of fused-ring (bicyclic) bond motifs is 1. The Kier molecular flexibility index (Phi) is 2.57. The van der Waals surface area contributed by atoms with E-state index in [1.54, 1.807) is 41.8 Å². The number of hydrogen-bond donors (Lipinski definition) is 0. The van der Waals surface area contributed by atoms with Crippen LogP contribution in [0.3, 0.4) is 0 Å². The smallest absolute Gasteiger partial charge is 0.210 e. The van der Waals surface area contributed by atoms with Gasteiger partial charge >= 0.3 is 0 Å². The van der Waals surface area contributed by atoms with Gasteiger partial charge in [0.05, 0.1) is 10.3 Å². The minimum atomic E-state index is -0.287. The average Bonchev–Trinajstić information content (AvgIpc) is 2.93. The van der Waals surface area contributed by atoms with Crippen LogP contribution in [0.25, 0.3) is 11.0 Å². The van der Waals surface area contributed by atoms with Crippen molar-refractivity contribution in [2.45, 2.75) is 0 Å². The third-order valence-electron chi connectivity index (χ3n) is 2.67. The van der Waals surface area contributed by atoms with Crippen LogP contribution in [0.1, 0.15) is 15.2 Å². The van der Waals surface area contributed by atoms with Gasteiger partial charge in [-0.15, -0.1) is 11.3 Å². The van der Waals surface area contributed by atoms with Crippen molar-refractivity contribution in [2.75, 3.05) is 0 Å². The Morgan fingerprint density at radius 3 is 2.72 bits per heavy atom. The van der Waals surface area contributed by atoms with Crippen molar-refractivity contribution in [1.82, 2.24) is 0 Å². The molecule has 0 atom stereocenters. The van der Waals surface area contributed by atoms with E-state index in [0.29, 0.717) is 15.8 Å². The molecule has 0 fully saturated rings. The summed E-state index contributed by atoms with van der Waals surface area (Å²) >= 11 is 1.31. The lowest BCUT2D eigenvalue weighted by Crippen LogP contribution is -2.14. The van der Waals surface area contributed by atoms with Crippen molar-refractivity contribution >= 4 is 28.1 Å². The predicted molar refractivity (Wildman–Crippen MR) is 70.2 cm³/mol. The highest BCUT2D eigenvalue weighted by Crippen LogP contribution is 2.16. The van der Waals surface area contributed by atoms with Crippen LogP contribution in [0.4, 0.5) is 0 Å². The molecule has 3 aromatic rings. The Balaban J connectivity index is 2.22. The highest BCUT2D eigenvalue weighted by molar-refractivity contribution is 7.12. The van der Waals surface area contributed by atoms with Gasteiger partial charge in [-0.05, 0) is 23.6 Å². The third kappa shape index (κ3) is 1.67. The number of rotatable bonds is 2. The lowest BCUT2D eigenvalue weighted by Gasteiger charge is -1.99. The highest BCUT2D eigenvalue weighted by Gasteiger charge is 2.16. The number of carbonyl (C=O) groups is 1. The quantitative estimate of drug-likeness (QED) is 0.662. The van der Waals surface area contributed by atoms with Crippen LogP contribution in [0.15, 0.2) is 57.3 Å². The van der Waals surface area contributed by atoms with Gasteiger partial charge < -0.3 is 4.42 Å². The molecule has 0 bridgehead atoms. The Labute approximate surface area is 106 Å². The largest absolute Gasteiger partial charge is 0.463 e. The van der Waals surface area contributed by atoms with Crippen molar-refractivity contribution in [1.29, 1.82) is 0 Å². The molecule has 3 nitrogen and oxygen atoms in total. The molecular formula is C14H8O3S. The molecular weight excluding hydrogens is 248 g/mol. The van der Waals surface area contributed by atoms with Crippen LogP contribution in [-0.4, -0.2) is 5.78 Å². The lowest BCUT2D eigenvalue weighted by molar-refractivity contribution is 0.104. The maximum atomic E-state index is 12.2. The Hall–Kier alpha value is -2.20. The van der Waals surface area contributed by atoms with Crippen molar-refractivity contribution < 1.29 is 9.21 Å². The Morgan fingerprint density at radius 1 is 1.11 bits per heavy atom. The van der Waals surface area contributed by atoms with Crippen molar-refractivity contribution in [3.8, 4) is 0 Å². The SMILES string of the molecule is O=C(c1cccs1)c1coc2ccccc2c1=O. The first-order valence-electron chi connectivity index (χ1n) is 5.36. The fourth-order valence-electron chi connectivity index (χ4n) is 1.78. The fraction of sp³-hybridized carbons (Fsp3) is 0. The van der Waals surface area contributed by atoms with E-state index in [1.165, 1.54) is 17.6 Å². The molecule has 88 valence electrons. The molecule has 3 rings (SSSR count). The van der Waals surface area contributed by atoms with Gasteiger partial charge in [0.25, 0.3) is 0 Å². The second-order valence-corrected chi connectivity index (χ2v) is 4.73. The van der Waals surface area contributed by atoms with Crippen LogP contribution in [0.2, 0.25) is 0 Å². The summed E-state index contributed by atoms with van der Waals surface area (Å²) in [6.07, 6.45) is 1.24. The summed E-state index contributed by atoms with van der Waals surface area (Å²) in [5, 5.41) is 2.23. The van der Waals surface area contributed by atoms with E-state index in [0.717, 1.165) is 0 Å². The molecule has 0 radical (unpaired) electrons. The average molecular weight is 256 g/mol. The third-order valence-corrected chi connectivity index (χ3v) is 3.54. The van der Waals surface area contributed by atoms with Crippen LogP contribution >= 0.6 is 11.3 Å². The summed E-state index contributed by atoms with van der Waals surface area (Å²) in [5.74, 6) is -0.287. The molecule has 0 spiro atoms. The van der Waals surface area contributed by atoms with Gasteiger partial charge in [0, 0.05) is 0 Å². The Bertz CT molecular complexity index is 769. The maximum absolute atomic E-state index is 12.2. The summed E-state index contributed by atoms with van der Waals surface area (Å²) in [4.78, 5) is 24.9. The van der Waals surface area contributed by atoms with Crippen molar-refractivity contribution in [3.63, 3.8) is 0 Å². The van der Waals surface area contributed by atoms with Gasteiger partial charge in [0.2, 0.25) is 11.2 Å². The normalized spacial score (nSPS) is 10.7. The predicted octanol–water partition coefficient (Wildman–Crippen LogP) is 3.09. The zero-order chi connectivity index (χ0) is 12.5. The molecule has 2 aromatic heterocycles. The van der Waals surface area contributed by atoms with Gasteiger partial charge in [-0.1, -0.05) is 18.2 Å². The van der Waals surface area contributed by atoms with E-state index in [9.17, 15) is 9.59 Å². The molecule has 0 unspecified atom stereocenters. The Morgan fingerprint density at radius 2 is 1.94 bits per heavy atom. The van der Waals surface area contributed by atoms with Crippen molar-refractivity contribution in [2.24, 2.45) is 0 Å². The molecule has 1 aromatic carbocycles. The van der Waals surface area contributed by atoms with Gasteiger partial charge in [-0.3, -0.25) is 9.59 Å². The minimum Gasteiger partial charge on any atom is -0.463 e. The minimum absolute atomic E-state index is 0.0798. The van der Waals surface area contributed by atoms with E-state index < -0.39 is 0 Å². The summed E-state index contributed by atoms with van der Waals surface area (Å²) in [7, 11) is 0. The first-order chi connectivity index (χ1) is 8.77. The zero-order valence-corrected chi connectivity index (χ0v) is 10.1. The molecule has 4 heteroatoms. The van der Waals surface area contributed by atoms with E-state index >= 15 is 0 Å². The van der Waals surface area contributed by atoms with Crippen molar-refractivity contribution in [3.05, 3.63) is 68.7 Å². The second kappa shape index (κ2) is 4.23. The molecule has 0 amide bonds. The number of para-hydroxylation sites is 1. The molecule has 0 aliphatic carbocycles. The van der Waals surface area contributed by atoms with E-state index in [2.05, 4.69) is 0 Å². The molecule has 0 N–H and O–H groups in total. The van der Waals surface area contributed by atoms with Crippen LogP contribution in [0.5, 0.6) is 0 Å². The zero-order valence-electron chi connectivity index (χ0n) is 9.25. The topological polar surface area (TPSA) is 47.3 Å². The molecule has 2 heterocycles. The summed E-state index contributed by atoms with van der Waals surface area (Å²) < 4.78 is 5.33.